The highest BCUT2D eigenvalue weighted by Crippen LogP contribution is 2.17. The fourth-order valence-corrected chi connectivity index (χ4v) is 2.64. The molecule has 1 aliphatic rings. The van der Waals surface area contributed by atoms with E-state index in [9.17, 15) is 9.59 Å². The predicted octanol–water partition coefficient (Wildman–Crippen LogP) is 1.44. The SMILES string of the molecule is COCc1ccc(C(=O)Nc2n[nH]nc2C(=O)N2CCCC2)cc1. The van der Waals surface area contributed by atoms with E-state index in [1.165, 1.54) is 0 Å². The number of hydrogen-bond acceptors (Lipinski definition) is 5. The van der Waals surface area contributed by atoms with Crippen LogP contribution in [0, 0.1) is 0 Å². The molecule has 24 heavy (non-hydrogen) atoms. The number of hydrogen-bond donors (Lipinski definition) is 2. The molecule has 126 valence electrons. The average Bonchev–Trinajstić information content (AvgIpc) is 3.27. The van der Waals surface area contributed by atoms with E-state index in [4.69, 9.17) is 4.74 Å². The van der Waals surface area contributed by atoms with Gasteiger partial charge < -0.3 is 15.0 Å². The van der Waals surface area contributed by atoms with Gasteiger partial charge in [-0.3, -0.25) is 9.59 Å². The lowest BCUT2D eigenvalue weighted by Gasteiger charge is -2.13. The van der Waals surface area contributed by atoms with Gasteiger partial charge in [0.25, 0.3) is 11.8 Å². The van der Waals surface area contributed by atoms with Crippen LogP contribution in [0.2, 0.25) is 0 Å². The van der Waals surface area contributed by atoms with Crippen LogP contribution in [0.5, 0.6) is 0 Å². The lowest BCUT2D eigenvalue weighted by molar-refractivity contribution is 0.0788. The van der Waals surface area contributed by atoms with Gasteiger partial charge in [-0.1, -0.05) is 12.1 Å². The maximum atomic E-state index is 12.4. The number of anilines is 1. The van der Waals surface area contributed by atoms with Crippen molar-refractivity contribution in [3.05, 3.63) is 41.1 Å². The highest BCUT2D eigenvalue weighted by Gasteiger charge is 2.26. The topological polar surface area (TPSA) is 100 Å². The molecule has 0 bridgehead atoms. The number of nitrogens with zero attached hydrogens (tertiary/aromatic N) is 3. The second kappa shape index (κ2) is 7.22. The molecule has 0 unspecified atom stereocenters. The quantitative estimate of drug-likeness (QED) is 0.864. The number of rotatable bonds is 5. The number of carbonyl (C=O) groups excluding carboxylic acids is 2. The number of aromatic nitrogens is 3. The number of amides is 2. The molecule has 0 saturated carbocycles. The highest BCUT2D eigenvalue weighted by atomic mass is 16.5. The van der Waals surface area contributed by atoms with Crippen molar-refractivity contribution in [2.45, 2.75) is 19.4 Å². The first-order chi connectivity index (χ1) is 11.7. The second-order valence-corrected chi connectivity index (χ2v) is 5.60. The molecule has 0 radical (unpaired) electrons. The molecule has 0 aliphatic carbocycles. The minimum Gasteiger partial charge on any atom is -0.380 e. The number of benzene rings is 1. The molecule has 0 spiro atoms. The minimum absolute atomic E-state index is 0.140. The van der Waals surface area contributed by atoms with Crippen molar-refractivity contribution >= 4 is 17.6 Å². The van der Waals surface area contributed by atoms with E-state index < -0.39 is 0 Å². The van der Waals surface area contributed by atoms with Crippen LogP contribution < -0.4 is 5.32 Å². The summed E-state index contributed by atoms with van der Waals surface area (Å²) in [5.41, 5.74) is 1.58. The predicted molar refractivity (Wildman–Crippen MR) is 86.6 cm³/mol. The van der Waals surface area contributed by atoms with Gasteiger partial charge in [-0.15, -0.1) is 10.2 Å². The number of methoxy groups -OCH3 is 1. The van der Waals surface area contributed by atoms with Gasteiger partial charge in [0.2, 0.25) is 0 Å². The number of likely N-dealkylation sites (tertiary alicyclic amines) is 1. The molecule has 1 aliphatic heterocycles. The molecule has 3 rings (SSSR count). The maximum absolute atomic E-state index is 12.4. The molecular formula is C16H19N5O3. The van der Waals surface area contributed by atoms with Gasteiger partial charge in [-0.2, -0.15) is 5.21 Å². The summed E-state index contributed by atoms with van der Waals surface area (Å²) in [5.74, 6) is -0.409. The maximum Gasteiger partial charge on any atom is 0.278 e. The first-order valence-corrected chi connectivity index (χ1v) is 7.78. The molecule has 2 heterocycles. The van der Waals surface area contributed by atoms with Crippen molar-refractivity contribution in [3.63, 3.8) is 0 Å². The van der Waals surface area contributed by atoms with Gasteiger partial charge in [0.05, 0.1) is 6.61 Å². The summed E-state index contributed by atoms with van der Waals surface area (Å²) in [6.07, 6.45) is 1.97. The van der Waals surface area contributed by atoms with Gasteiger partial charge in [-0.25, -0.2) is 0 Å². The third-order valence-electron chi connectivity index (χ3n) is 3.90. The monoisotopic (exact) mass is 329 g/mol. The normalized spacial score (nSPS) is 14.0. The summed E-state index contributed by atoms with van der Waals surface area (Å²) in [6, 6.07) is 7.03. The zero-order valence-electron chi connectivity index (χ0n) is 13.4. The summed E-state index contributed by atoms with van der Waals surface area (Å²) < 4.78 is 5.04. The summed E-state index contributed by atoms with van der Waals surface area (Å²) in [7, 11) is 1.62. The van der Waals surface area contributed by atoms with Crippen LogP contribution in [0.4, 0.5) is 5.82 Å². The molecule has 8 nitrogen and oxygen atoms in total. The smallest absolute Gasteiger partial charge is 0.278 e. The molecule has 1 aromatic carbocycles. The molecule has 2 N–H and O–H groups in total. The van der Waals surface area contributed by atoms with Gasteiger partial charge in [0, 0.05) is 25.8 Å². The number of carbonyl (C=O) groups is 2. The number of aromatic amines is 1. The Morgan fingerprint density at radius 1 is 1.21 bits per heavy atom. The standard InChI is InChI=1S/C16H19N5O3/c1-24-10-11-4-6-12(7-5-11)15(22)17-14-13(18-20-19-14)16(23)21-8-2-3-9-21/h4-7H,2-3,8-10H2,1H3,(H2,17,18,19,20,22). The lowest BCUT2D eigenvalue weighted by Crippen LogP contribution is -2.29. The first kappa shape index (κ1) is 16.1. The van der Waals surface area contributed by atoms with Crippen LogP contribution in [0.25, 0.3) is 0 Å². The first-order valence-electron chi connectivity index (χ1n) is 7.78. The third kappa shape index (κ3) is 3.43. The highest BCUT2D eigenvalue weighted by molar-refractivity contribution is 6.07. The van der Waals surface area contributed by atoms with Gasteiger partial charge >= 0.3 is 0 Å². The van der Waals surface area contributed by atoms with Crippen LogP contribution in [-0.4, -0.2) is 52.3 Å². The fraction of sp³-hybridized carbons (Fsp3) is 0.375. The van der Waals surface area contributed by atoms with Crippen LogP contribution >= 0.6 is 0 Å². The Balaban J connectivity index is 1.70. The lowest BCUT2D eigenvalue weighted by atomic mass is 10.1. The Bertz CT molecular complexity index is 720. The molecule has 1 aromatic heterocycles. The average molecular weight is 329 g/mol. The van der Waals surface area contributed by atoms with Crippen molar-refractivity contribution in [1.82, 2.24) is 20.3 Å². The van der Waals surface area contributed by atoms with Gasteiger partial charge in [0.1, 0.15) is 0 Å². The van der Waals surface area contributed by atoms with Crippen LogP contribution in [0.3, 0.4) is 0 Å². The van der Waals surface area contributed by atoms with Crippen molar-refractivity contribution in [1.29, 1.82) is 0 Å². The second-order valence-electron chi connectivity index (χ2n) is 5.60. The van der Waals surface area contributed by atoms with Crippen LogP contribution in [0.15, 0.2) is 24.3 Å². The van der Waals surface area contributed by atoms with E-state index in [-0.39, 0.29) is 23.3 Å². The van der Waals surface area contributed by atoms with Crippen molar-refractivity contribution in [3.8, 4) is 0 Å². The van der Waals surface area contributed by atoms with Crippen molar-refractivity contribution in [2.75, 3.05) is 25.5 Å². The molecule has 1 fully saturated rings. The molecular weight excluding hydrogens is 310 g/mol. The Labute approximate surface area is 139 Å². The molecule has 2 aromatic rings. The summed E-state index contributed by atoms with van der Waals surface area (Å²) in [6.45, 7) is 1.90. The van der Waals surface area contributed by atoms with E-state index >= 15 is 0 Å². The summed E-state index contributed by atoms with van der Waals surface area (Å²) in [4.78, 5) is 26.4. The molecule has 8 heteroatoms. The van der Waals surface area contributed by atoms with Crippen LogP contribution in [0.1, 0.15) is 39.3 Å². The van der Waals surface area contributed by atoms with E-state index in [0.29, 0.717) is 25.3 Å². The Hall–Kier alpha value is -2.74. The Morgan fingerprint density at radius 2 is 1.92 bits per heavy atom. The van der Waals surface area contributed by atoms with Gasteiger partial charge in [0.15, 0.2) is 11.5 Å². The Kier molecular flexibility index (Phi) is 4.85. The molecule has 2 amide bonds. The third-order valence-corrected chi connectivity index (χ3v) is 3.90. The number of nitrogens with one attached hydrogen (secondary N) is 2. The van der Waals surface area contributed by atoms with E-state index in [2.05, 4.69) is 20.7 Å². The number of ether oxygens (including phenoxy) is 1. The van der Waals surface area contributed by atoms with Crippen LogP contribution in [-0.2, 0) is 11.3 Å². The zero-order chi connectivity index (χ0) is 16.9. The summed E-state index contributed by atoms with van der Waals surface area (Å²) in [5, 5.41) is 12.8. The van der Waals surface area contributed by atoms with Gasteiger partial charge in [-0.05, 0) is 30.5 Å². The summed E-state index contributed by atoms with van der Waals surface area (Å²) >= 11 is 0. The molecule has 1 saturated heterocycles. The van der Waals surface area contributed by atoms with E-state index in [1.807, 2.05) is 12.1 Å². The minimum atomic E-state index is -0.344. The Morgan fingerprint density at radius 3 is 2.58 bits per heavy atom. The van der Waals surface area contributed by atoms with Crippen molar-refractivity contribution < 1.29 is 14.3 Å². The largest absolute Gasteiger partial charge is 0.380 e. The van der Waals surface area contributed by atoms with E-state index in [1.54, 1.807) is 24.1 Å². The zero-order valence-corrected chi connectivity index (χ0v) is 13.4. The number of H-pyrrole nitrogens is 1. The van der Waals surface area contributed by atoms with Crippen molar-refractivity contribution in [2.24, 2.45) is 0 Å². The van der Waals surface area contributed by atoms with E-state index in [0.717, 1.165) is 18.4 Å². The fourth-order valence-electron chi connectivity index (χ4n) is 2.64. The molecule has 0 atom stereocenters.